The van der Waals surface area contributed by atoms with E-state index in [1.54, 1.807) is 0 Å². The van der Waals surface area contributed by atoms with Gasteiger partial charge in [0, 0.05) is 0 Å². The third kappa shape index (κ3) is 5.65. The fraction of sp³-hybridized carbons (Fsp3) is 0.556. The number of nitrogens with zero attached hydrogens (tertiary/aromatic N) is 2. The van der Waals surface area contributed by atoms with Crippen LogP contribution in [0.4, 0.5) is 0 Å². The van der Waals surface area contributed by atoms with Crippen molar-refractivity contribution in [2.45, 2.75) is 67.0 Å². The van der Waals surface area contributed by atoms with E-state index in [1.807, 2.05) is 0 Å². The summed E-state index contributed by atoms with van der Waals surface area (Å²) in [6.45, 7) is 22.6. The first-order chi connectivity index (χ1) is 9.80. The van der Waals surface area contributed by atoms with Crippen LogP contribution in [0.15, 0.2) is 11.4 Å². The molecular weight excluding hydrogens is 300 g/mol. The van der Waals surface area contributed by atoms with Gasteiger partial charge in [0.25, 0.3) is 0 Å². The summed E-state index contributed by atoms with van der Waals surface area (Å²) in [5, 5.41) is 0. The molecule has 1 rings (SSSR count). The van der Waals surface area contributed by atoms with Crippen molar-refractivity contribution in [3.63, 3.8) is 0 Å². The molecule has 0 amide bonds. The number of aryl methyl sites for hydroxylation is 2. The molecule has 1 aromatic heterocycles. The summed E-state index contributed by atoms with van der Waals surface area (Å²) in [4.78, 5) is 9.75. The van der Waals surface area contributed by atoms with Gasteiger partial charge in [-0.3, -0.25) is 0 Å². The largest absolute Gasteiger partial charge is 0.249 e. The molecule has 0 unspecified atom stereocenters. The van der Waals surface area contributed by atoms with Crippen LogP contribution < -0.4 is 0 Å². The van der Waals surface area contributed by atoms with Crippen molar-refractivity contribution < 1.29 is 0 Å². The predicted molar refractivity (Wildman–Crippen MR) is 106 cm³/mol. The molecule has 1 heterocycles. The van der Waals surface area contributed by atoms with E-state index in [1.165, 1.54) is 11.1 Å². The second-order valence-electron chi connectivity index (χ2n) is 8.48. The zero-order valence-electron chi connectivity index (χ0n) is 16.0. The Morgan fingerprint density at radius 2 is 0.955 bits per heavy atom. The smallest absolute Gasteiger partial charge is 0.0868 e. The van der Waals surface area contributed by atoms with Gasteiger partial charge in [-0.1, -0.05) is 50.7 Å². The van der Waals surface area contributed by atoms with Crippen molar-refractivity contribution >= 4 is 27.3 Å². The molecule has 122 valence electrons. The molecule has 0 atom stereocenters. The van der Waals surface area contributed by atoms with Crippen molar-refractivity contribution in [2.24, 2.45) is 0 Å². The van der Waals surface area contributed by atoms with Crippen LogP contribution >= 0.6 is 0 Å². The van der Waals surface area contributed by atoms with E-state index < -0.39 is 16.1 Å². The van der Waals surface area contributed by atoms with Crippen molar-refractivity contribution in [3.05, 3.63) is 34.2 Å². The summed E-state index contributed by atoms with van der Waals surface area (Å²) in [7, 11) is -2.49. The first kappa shape index (κ1) is 19.0. The summed E-state index contributed by atoms with van der Waals surface area (Å²) >= 11 is 0. The number of rotatable bonds is 4. The van der Waals surface area contributed by atoms with E-state index in [4.69, 9.17) is 9.97 Å². The van der Waals surface area contributed by atoms with E-state index in [2.05, 4.69) is 78.4 Å². The van der Waals surface area contributed by atoms with Crippen molar-refractivity contribution in [3.8, 4) is 0 Å². The SMILES string of the molecule is CC(=C[Si](C)(C)C)c1nc(C)c(C(C)=C[Si](C)(C)C)nc1C. The second kappa shape index (κ2) is 6.63. The lowest BCUT2D eigenvalue weighted by Crippen LogP contribution is -2.17. The summed E-state index contributed by atoms with van der Waals surface area (Å²) in [6.07, 6.45) is 0. The van der Waals surface area contributed by atoms with E-state index >= 15 is 0 Å². The number of hydrogen-bond acceptors (Lipinski definition) is 2. The highest BCUT2D eigenvalue weighted by Gasteiger charge is 2.16. The molecule has 0 spiro atoms. The monoisotopic (exact) mass is 332 g/mol. The van der Waals surface area contributed by atoms with Crippen LogP contribution in [0.25, 0.3) is 11.1 Å². The van der Waals surface area contributed by atoms with Gasteiger partial charge in [0.15, 0.2) is 0 Å². The standard InChI is InChI=1S/C18H32N2Si2/c1-13(11-21(5,6)7)17-15(3)20-18(16(4)19-17)14(2)12-22(8,9)10/h11-12H,1-10H3. The van der Waals surface area contributed by atoms with Gasteiger partial charge in [-0.15, -0.1) is 0 Å². The van der Waals surface area contributed by atoms with Gasteiger partial charge in [-0.2, -0.15) is 0 Å². The summed E-state index contributed by atoms with van der Waals surface area (Å²) in [6, 6.07) is 0. The third-order valence-electron chi connectivity index (χ3n) is 3.29. The highest BCUT2D eigenvalue weighted by Crippen LogP contribution is 2.23. The molecule has 0 aliphatic heterocycles. The Balaban J connectivity index is 3.35. The molecule has 22 heavy (non-hydrogen) atoms. The Kier molecular flexibility index (Phi) is 5.73. The fourth-order valence-corrected chi connectivity index (χ4v) is 5.66. The molecule has 0 bridgehead atoms. The molecule has 4 heteroatoms. The average Bonchev–Trinajstić information content (AvgIpc) is 2.26. The minimum atomic E-state index is -1.25. The maximum absolute atomic E-state index is 4.87. The lowest BCUT2D eigenvalue weighted by Gasteiger charge is -2.16. The molecule has 0 saturated heterocycles. The topological polar surface area (TPSA) is 25.8 Å². The first-order valence-corrected chi connectivity index (χ1v) is 15.2. The Labute approximate surface area is 138 Å². The fourth-order valence-electron chi connectivity index (χ4n) is 2.79. The van der Waals surface area contributed by atoms with E-state index in [0.717, 1.165) is 22.8 Å². The number of hydrogen-bond donors (Lipinski definition) is 0. The van der Waals surface area contributed by atoms with E-state index in [-0.39, 0.29) is 0 Å². The van der Waals surface area contributed by atoms with Gasteiger partial charge >= 0.3 is 0 Å². The van der Waals surface area contributed by atoms with Gasteiger partial charge in [-0.05, 0) is 38.8 Å². The summed E-state index contributed by atoms with van der Waals surface area (Å²) < 4.78 is 0. The third-order valence-corrected chi connectivity index (χ3v) is 5.89. The molecule has 0 aromatic carbocycles. The normalized spacial score (nSPS) is 14.5. The van der Waals surface area contributed by atoms with Crippen LogP contribution in [0.5, 0.6) is 0 Å². The Morgan fingerprint density at radius 1 is 0.682 bits per heavy atom. The van der Waals surface area contributed by atoms with Gasteiger partial charge in [-0.25, -0.2) is 9.97 Å². The molecule has 2 nitrogen and oxygen atoms in total. The minimum Gasteiger partial charge on any atom is -0.249 e. The minimum absolute atomic E-state index is 1.04. The molecular formula is C18H32N2Si2. The van der Waals surface area contributed by atoms with E-state index in [9.17, 15) is 0 Å². The molecule has 0 radical (unpaired) electrons. The lowest BCUT2D eigenvalue weighted by atomic mass is 10.1. The quantitative estimate of drug-likeness (QED) is 0.665. The number of allylic oxidation sites excluding steroid dienone is 2. The Morgan fingerprint density at radius 3 is 1.18 bits per heavy atom. The van der Waals surface area contributed by atoms with Crippen LogP contribution in [0.2, 0.25) is 39.3 Å². The van der Waals surface area contributed by atoms with Crippen LogP contribution in [0, 0.1) is 13.8 Å². The van der Waals surface area contributed by atoms with Gasteiger partial charge in [0.1, 0.15) is 0 Å². The maximum Gasteiger partial charge on any atom is 0.0868 e. The average molecular weight is 333 g/mol. The van der Waals surface area contributed by atoms with Crippen LogP contribution in [0.3, 0.4) is 0 Å². The van der Waals surface area contributed by atoms with Crippen LogP contribution in [0.1, 0.15) is 36.6 Å². The molecule has 1 aromatic rings. The van der Waals surface area contributed by atoms with Gasteiger partial charge < -0.3 is 0 Å². The molecule has 0 fully saturated rings. The first-order valence-electron chi connectivity index (χ1n) is 8.05. The highest BCUT2D eigenvalue weighted by atomic mass is 28.3. The molecule has 0 aliphatic carbocycles. The van der Waals surface area contributed by atoms with Crippen LogP contribution in [-0.4, -0.2) is 26.1 Å². The highest BCUT2D eigenvalue weighted by molar-refractivity contribution is 6.82. The van der Waals surface area contributed by atoms with Crippen molar-refractivity contribution in [1.82, 2.24) is 9.97 Å². The van der Waals surface area contributed by atoms with Crippen molar-refractivity contribution in [1.29, 1.82) is 0 Å². The van der Waals surface area contributed by atoms with Gasteiger partial charge in [0.2, 0.25) is 0 Å². The number of aromatic nitrogens is 2. The predicted octanol–water partition coefficient (Wildman–Crippen LogP) is 5.65. The summed E-state index contributed by atoms with van der Waals surface area (Å²) in [5.41, 5.74) is 11.6. The molecule has 0 aliphatic rings. The molecule has 0 saturated carbocycles. The Hall–Kier alpha value is -1.01. The maximum atomic E-state index is 4.87. The lowest BCUT2D eigenvalue weighted by molar-refractivity contribution is 1.01. The van der Waals surface area contributed by atoms with E-state index in [0.29, 0.717) is 0 Å². The Bertz CT molecular complexity index is 559. The second-order valence-corrected chi connectivity index (χ2v) is 18.5. The summed E-state index contributed by atoms with van der Waals surface area (Å²) in [5.74, 6) is 0. The van der Waals surface area contributed by atoms with Crippen molar-refractivity contribution in [2.75, 3.05) is 0 Å². The molecule has 0 N–H and O–H groups in total. The van der Waals surface area contributed by atoms with Gasteiger partial charge in [0.05, 0.1) is 38.9 Å². The van der Waals surface area contributed by atoms with Crippen LogP contribution in [-0.2, 0) is 0 Å². The zero-order chi connectivity index (χ0) is 17.3. The zero-order valence-corrected chi connectivity index (χ0v) is 18.0.